The van der Waals surface area contributed by atoms with E-state index in [1.54, 1.807) is 20.8 Å². The largest absolute Gasteiger partial charge is 0.489 e. The molecule has 3 aromatic rings. The SMILES string of the molecule is CC(C)(C)OC(=O)N[C@@H](Cc1ccc(OCc2ccccc2)cc1)C(=O)NCCc1ccc(CCN)cc1. The van der Waals surface area contributed by atoms with Gasteiger partial charge in [0.25, 0.3) is 0 Å². The predicted molar refractivity (Wildman–Crippen MR) is 150 cm³/mol. The van der Waals surface area contributed by atoms with Gasteiger partial charge in [-0.3, -0.25) is 4.79 Å². The van der Waals surface area contributed by atoms with E-state index in [4.69, 9.17) is 15.2 Å². The third-order valence-corrected chi connectivity index (χ3v) is 5.79. The van der Waals surface area contributed by atoms with Crippen LogP contribution < -0.4 is 21.1 Å². The van der Waals surface area contributed by atoms with E-state index in [1.807, 2.05) is 54.6 Å². The Balaban J connectivity index is 1.58. The minimum Gasteiger partial charge on any atom is -0.489 e. The number of carbonyl (C=O) groups excluding carboxylic acids is 2. The third kappa shape index (κ3) is 10.3. The normalized spacial score (nSPS) is 11.9. The highest BCUT2D eigenvalue weighted by molar-refractivity contribution is 5.86. The Bertz CT molecular complexity index is 1140. The maximum absolute atomic E-state index is 13.1. The van der Waals surface area contributed by atoms with Crippen LogP contribution in [-0.2, 0) is 35.4 Å². The third-order valence-electron chi connectivity index (χ3n) is 5.79. The zero-order valence-corrected chi connectivity index (χ0v) is 22.5. The van der Waals surface area contributed by atoms with Crippen molar-refractivity contribution >= 4 is 12.0 Å². The smallest absolute Gasteiger partial charge is 0.408 e. The van der Waals surface area contributed by atoms with E-state index in [0.717, 1.165) is 28.9 Å². The van der Waals surface area contributed by atoms with Gasteiger partial charge in [-0.1, -0.05) is 66.7 Å². The molecule has 0 unspecified atom stereocenters. The van der Waals surface area contributed by atoms with Crippen molar-refractivity contribution < 1.29 is 19.1 Å². The number of ether oxygens (including phenoxy) is 2. The number of benzene rings is 3. The quantitative estimate of drug-likeness (QED) is 0.327. The molecule has 1 atom stereocenters. The number of nitrogens with two attached hydrogens (primary N) is 1. The fourth-order valence-electron chi connectivity index (χ4n) is 3.85. The molecule has 0 spiro atoms. The lowest BCUT2D eigenvalue weighted by Crippen LogP contribution is -2.49. The highest BCUT2D eigenvalue weighted by atomic mass is 16.6. The van der Waals surface area contributed by atoms with Crippen LogP contribution in [0.15, 0.2) is 78.9 Å². The van der Waals surface area contributed by atoms with E-state index in [2.05, 4.69) is 34.9 Å². The standard InChI is InChI=1S/C31H39N3O4/c1-31(2,3)38-30(36)34-28(29(35)33-20-18-24-11-9-23(10-12-24)17-19-32)21-25-13-15-27(16-14-25)37-22-26-7-5-4-6-8-26/h4-16,28H,17-22,32H2,1-3H3,(H,33,35)(H,34,36)/t28-/m0/s1. The Morgan fingerprint density at radius 2 is 1.42 bits per heavy atom. The molecule has 0 aliphatic carbocycles. The van der Waals surface area contributed by atoms with E-state index in [9.17, 15) is 9.59 Å². The van der Waals surface area contributed by atoms with Gasteiger partial charge in [0, 0.05) is 13.0 Å². The van der Waals surface area contributed by atoms with Crippen LogP contribution in [0.25, 0.3) is 0 Å². The molecule has 0 heterocycles. The second-order valence-electron chi connectivity index (χ2n) is 10.2. The summed E-state index contributed by atoms with van der Waals surface area (Å²) in [4.78, 5) is 25.6. The van der Waals surface area contributed by atoms with Crippen molar-refractivity contribution in [3.05, 3.63) is 101 Å². The maximum atomic E-state index is 13.1. The highest BCUT2D eigenvalue weighted by Gasteiger charge is 2.24. The minimum atomic E-state index is -0.784. The summed E-state index contributed by atoms with van der Waals surface area (Å²) in [6, 6.07) is 24.9. The van der Waals surface area contributed by atoms with Crippen LogP contribution in [-0.4, -0.2) is 36.7 Å². The fourth-order valence-corrected chi connectivity index (χ4v) is 3.85. The number of alkyl carbamates (subject to hydrolysis) is 1. The molecule has 3 aromatic carbocycles. The van der Waals surface area contributed by atoms with Gasteiger partial charge >= 0.3 is 6.09 Å². The molecular weight excluding hydrogens is 478 g/mol. The molecule has 4 N–H and O–H groups in total. The summed E-state index contributed by atoms with van der Waals surface area (Å²) < 4.78 is 11.3. The number of amides is 2. The zero-order valence-electron chi connectivity index (χ0n) is 22.5. The summed E-state index contributed by atoms with van der Waals surface area (Å²) in [5.74, 6) is 0.469. The van der Waals surface area contributed by atoms with E-state index < -0.39 is 17.7 Å². The molecule has 3 rings (SSSR count). The number of nitrogens with one attached hydrogen (secondary N) is 2. The molecule has 0 fully saturated rings. The van der Waals surface area contributed by atoms with Crippen molar-refractivity contribution in [2.45, 2.75) is 58.3 Å². The summed E-state index contributed by atoms with van der Waals surface area (Å²) in [6.45, 7) is 6.90. The van der Waals surface area contributed by atoms with Gasteiger partial charge in [-0.25, -0.2) is 4.79 Å². The summed E-state index contributed by atoms with van der Waals surface area (Å²) in [5, 5.41) is 5.69. The van der Waals surface area contributed by atoms with Crippen LogP contribution in [0.4, 0.5) is 4.79 Å². The summed E-state index contributed by atoms with van der Waals surface area (Å²) >= 11 is 0. The number of carbonyl (C=O) groups is 2. The highest BCUT2D eigenvalue weighted by Crippen LogP contribution is 2.16. The average Bonchev–Trinajstić information content (AvgIpc) is 2.88. The molecule has 0 saturated carbocycles. The Morgan fingerprint density at radius 1 is 0.816 bits per heavy atom. The number of hydrogen-bond donors (Lipinski definition) is 3. The molecule has 0 bridgehead atoms. The molecule has 2 amide bonds. The van der Waals surface area contributed by atoms with Crippen molar-refractivity contribution in [1.82, 2.24) is 10.6 Å². The van der Waals surface area contributed by atoms with Gasteiger partial charge in [-0.2, -0.15) is 0 Å². The molecule has 7 heteroatoms. The Kier molecular flexibility index (Phi) is 10.7. The van der Waals surface area contributed by atoms with Crippen molar-refractivity contribution in [3.8, 4) is 5.75 Å². The van der Waals surface area contributed by atoms with Gasteiger partial charge in [0.2, 0.25) is 5.91 Å². The molecule has 7 nitrogen and oxygen atoms in total. The monoisotopic (exact) mass is 517 g/mol. The van der Waals surface area contributed by atoms with E-state index in [-0.39, 0.29) is 5.91 Å². The van der Waals surface area contributed by atoms with Gasteiger partial charge < -0.3 is 25.8 Å². The van der Waals surface area contributed by atoms with E-state index in [1.165, 1.54) is 5.56 Å². The van der Waals surface area contributed by atoms with Crippen molar-refractivity contribution in [2.75, 3.05) is 13.1 Å². The first-order chi connectivity index (χ1) is 18.2. The molecular formula is C31H39N3O4. The second-order valence-corrected chi connectivity index (χ2v) is 10.2. The van der Waals surface area contributed by atoms with Gasteiger partial charge in [0.05, 0.1) is 0 Å². The van der Waals surface area contributed by atoms with Crippen molar-refractivity contribution in [1.29, 1.82) is 0 Å². The first kappa shape index (κ1) is 28.7. The first-order valence-corrected chi connectivity index (χ1v) is 13.0. The van der Waals surface area contributed by atoms with Gasteiger partial charge in [-0.15, -0.1) is 0 Å². The topological polar surface area (TPSA) is 103 Å². The summed E-state index contributed by atoms with van der Waals surface area (Å²) in [5.41, 5.74) is 9.24. The van der Waals surface area contributed by atoms with Crippen molar-refractivity contribution in [3.63, 3.8) is 0 Å². The van der Waals surface area contributed by atoms with Crippen molar-refractivity contribution in [2.24, 2.45) is 5.73 Å². The van der Waals surface area contributed by atoms with Crippen LogP contribution >= 0.6 is 0 Å². The molecule has 38 heavy (non-hydrogen) atoms. The minimum absolute atomic E-state index is 0.264. The fraction of sp³-hybridized carbons (Fsp3) is 0.355. The molecule has 202 valence electrons. The molecule has 0 saturated heterocycles. The van der Waals surface area contributed by atoms with Crippen LogP contribution in [0.2, 0.25) is 0 Å². The summed E-state index contributed by atoms with van der Waals surface area (Å²) in [7, 11) is 0. The van der Waals surface area contributed by atoms with Crippen LogP contribution in [0.5, 0.6) is 5.75 Å². The Hall–Kier alpha value is -3.84. The number of hydrogen-bond acceptors (Lipinski definition) is 5. The Morgan fingerprint density at radius 3 is 2.03 bits per heavy atom. The van der Waals surface area contributed by atoms with Crippen LogP contribution in [0.3, 0.4) is 0 Å². The average molecular weight is 518 g/mol. The molecule has 0 radical (unpaired) electrons. The van der Waals surface area contributed by atoms with Gasteiger partial charge in [0.1, 0.15) is 24.0 Å². The lowest BCUT2D eigenvalue weighted by Gasteiger charge is -2.23. The Labute approximate surface area is 225 Å². The molecule has 0 aliphatic heterocycles. The lowest BCUT2D eigenvalue weighted by atomic mass is 10.0. The maximum Gasteiger partial charge on any atom is 0.408 e. The second kappa shape index (κ2) is 14.2. The first-order valence-electron chi connectivity index (χ1n) is 13.0. The van der Waals surface area contributed by atoms with Gasteiger partial charge in [-0.05, 0) is 74.5 Å². The van der Waals surface area contributed by atoms with E-state index in [0.29, 0.717) is 32.5 Å². The van der Waals surface area contributed by atoms with Crippen LogP contribution in [0, 0.1) is 0 Å². The number of rotatable bonds is 12. The predicted octanol–water partition coefficient (Wildman–Crippen LogP) is 4.56. The summed E-state index contributed by atoms with van der Waals surface area (Å²) in [6.07, 6.45) is 1.21. The van der Waals surface area contributed by atoms with Crippen LogP contribution in [0.1, 0.15) is 43.0 Å². The zero-order chi connectivity index (χ0) is 27.4. The molecule has 0 aliphatic rings. The van der Waals surface area contributed by atoms with Gasteiger partial charge in [0.15, 0.2) is 0 Å². The van der Waals surface area contributed by atoms with E-state index >= 15 is 0 Å². The molecule has 0 aromatic heterocycles. The lowest BCUT2D eigenvalue weighted by molar-refractivity contribution is -0.123.